The van der Waals surface area contributed by atoms with Gasteiger partial charge >= 0.3 is 0 Å². The summed E-state index contributed by atoms with van der Waals surface area (Å²) in [5, 5.41) is 8.97. The van der Waals surface area contributed by atoms with Gasteiger partial charge in [0.1, 0.15) is 3.70 Å². The van der Waals surface area contributed by atoms with Crippen LogP contribution in [0.25, 0.3) is 0 Å². The Bertz CT molecular complexity index is 498. The minimum absolute atomic E-state index is 0.766. The van der Waals surface area contributed by atoms with Crippen molar-refractivity contribution in [3.63, 3.8) is 0 Å². The van der Waals surface area contributed by atoms with Crippen molar-refractivity contribution in [2.45, 2.75) is 33.4 Å². The van der Waals surface area contributed by atoms with Crippen LogP contribution in [0.5, 0.6) is 0 Å². The quantitative estimate of drug-likeness (QED) is 0.729. The molecule has 0 atom stereocenters. The normalized spacial score (nSPS) is 11.1. The van der Waals surface area contributed by atoms with Gasteiger partial charge in [0.05, 0.1) is 22.4 Å². The van der Waals surface area contributed by atoms with Crippen molar-refractivity contribution in [3.8, 4) is 0 Å². The van der Waals surface area contributed by atoms with Gasteiger partial charge in [-0.1, -0.05) is 6.92 Å². The first kappa shape index (κ1) is 13.1. The minimum atomic E-state index is 0.766. The van der Waals surface area contributed by atoms with Crippen molar-refractivity contribution in [2.24, 2.45) is 0 Å². The van der Waals surface area contributed by atoms with Crippen molar-refractivity contribution >= 4 is 38.5 Å². The number of aromatic nitrogens is 4. The number of hydrogen-bond acceptors (Lipinski definition) is 2. The summed E-state index contributed by atoms with van der Waals surface area (Å²) < 4.78 is 6.01. The molecule has 2 aromatic rings. The second-order valence-electron chi connectivity index (χ2n) is 3.76. The first-order valence-corrected chi connectivity index (χ1v) is 7.45. The zero-order valence-corrected chi connectivity index (χ0v) is 13.6. The summed E-state index contributed by atoms with van der Waals surface area (Å²) in [6.45, 7) is 5.90. The van der Waals surface area contributed by atoms with Gasteiger partial charge in [0.2, 0.25) is 0 Å². The van der Waals surface area contributed by atoms with Gasteiger partial charge in [0, 0.05) is 12.7 Å². The van der Waals surface area contributed by atoms with Crippen LogP contribution in [-0.2, 0) is 19.5 Å². The van der Waals surface area contributed by atoms with E-state index in [-0.39, 0.29) is 0 Å². The Morgan fingerprint density at radius 3 is 2.65 bits per heavy atom. The summed E-state index contributed by atoms with van der Waals surface area (Å²) in [5.74, 6) is 0. The molecule has 2 rings (SSSR count). The molecule has 0 spiro atoms. The van der Waals surface area contributed by atoms with Crippen LogP contribution in [0.1, 0.15) is 25.2 Å². The summed E-state index contributed by atoms with van der Waals surface area (Å²) in [6, 6.07) is 2.16. The van der Waals surface area contributed by atoms with Crippen molar-refractivity contribution < 1.29 is 0 Å². The lowest BCUT2D eigenvalue weighted by Crippen LogP contribution is -2.08. The predicted molar refractivity (Wildman–Crippen MR) is 79.0 cm³/mol. The summed E-state index contributed by atoms with van der Waals surface area (Å²) in [4.78, 5) is 0. The van der Waals surface area contributed by atoms with E-state index in [4.69, 9.17) is 0 Å². The number of aryl methyl sites for hydroxylation is 2. The molecule has 92 valence electrons. The number of hydrogen-bond donors (Lipinski definition) is 0. The third-order valence-corrected chi connectivity index (χ3v) is 4.69. The maximum Gasteiger partial charge on any atom is 0.137 e. The molecule has 4 nitrogen and oxygen atoms in total. The summed E-state index contributed by atoms with van der Waals surface area (Å²) in [5.41, 5.74) is 2.35. The largest absolute Gasteiger partial charge is 0.268 e. The fraction of sp³-hybridized carbons (Fsp3) is 0.455. The van der Waals surface area contributed by atoms with Crippen LogP contribution in [0.4, 0.5) is 0 Å². The highest BCUT2D eigenvalue weighted by atomic mass is 127. The molecule has 0 unspecified atom stereocenters. The Kier molecular flexibility index (Phi) is 4.24. The first-order chi connectivity index (χ1) is 8.13. The van der Waals surface area contributed by atoms with Crippen LogP contribution >= 0.6 is 38.5 Å². The molecule has 0 N–H and O–H groups in total. The third kappa shape index (κ3) is 2.90. The smallest absolute Gasteiger partial charge is 0.137 e. The molecule has 17 heavy (non-hydrogen) atoms. The Labute approximate surface area is 123 Å². The van der Waals surface area contributed by atoms with E-state index in [0.29, 0.717) is 0 Å². The molecular formula is C11H14BrIN4. The summed E-state index contributed by atoms with van der Waals surface area (Å²) in [7, 11) is 0. The van der Waals surface area contributed by atoms with E-state index in [1.807, 2.05) is 15.6 Å². The molecule has 0 radical (unpaired) electrons. The second kappa shape index (κ2) is 5.51. The van der Waals surface area contributed by atoms with Crippen molar-refractivity contribution in [2.75, 3.05) is 0 Å². The van der Waals surface area contributed by atoms with E-state index in [1.165, 1.54) is 5.69 Å². The van der Waals surface area contributed by atoms with Gasteiger partial charge in [-0.15, -0.1) is 0 Å². The molecule has 2 heterocycles. The molecule has 0 aliphatic rings. The van der Waals surface area contributed by atoms with Gasteiger partial charge in [0.15, 0.2) is 0 Å². The number of halogens is 2. The van der Waals surface area contributed by atoms with Gasteiger partial charge in [-0.25, -0.2) is 0 Å². The SMILES string of the molecule is CCc1cc(Cn2cc(Br)c(I)n2)n(CC)n1. The minimum Gasteiger partial charge on any atom is -0.268 e. The Balaban J connectivity index is 2.25. The van der Waals surface area contributed by atoms with Crippen LogP contribution in [0, 0.1) is 3.70 Å². The Morgan fingerprint density at radius 2 is 2.12 bits per heavy atom. The second-order valence-corrected chi connectivity index (χ2v) is 5.64. The third-order valence-electron chi connectivity index (χ3n) is 2.58. The van der Waals surface area contributed by atoms with Crippen LogP contribution in [0.2, 0.25) is 0 Å². The molecular weight excluding hydrogens is 395 g/mol. The molecule has 0 fully saturated rings. The van der Waals surface area contributed by atoms with Gasteiger partial charge in [-0.3, -0.25) is 9.36 Å². The van der Waals surface area contributed by atoms with Crippen LogP contribution in [0.15, 0.2) is 16.7 Å². The molecule has 0 aliphatic heterocycles. The fourth-order valence-corrected chi connectivity index (χ4v) is 2.44. The van der Waals surface area contributed by atoms with Crippen LogP contribution < -0.4 is 0 Å². The first-order valence-electron chi connectivity index (χ1n) is 5.58. The highest BCUT2D eigenvalue weighted by molar-refractivity contribution is 14.1. The monoisotopic (exact) mass is 408 g/mol. The molecule has 0 saturated heterocycles. The maximum absolute atomic E-state index is 4.53. The lowest BCUT2D eigenvalue weighted by molar-refractivity contribution is 0.572. The van der Waals surface area contributed by atoms with Gasteiger partial charge in [-0.05, 0) is 57.9 Å². The van der Waals surface area contributed by atoms with Gasteiger partial charge < -0.3 is 0 Å². The number of rotatable bonds is 4. The topological polar surface area (TPSA) is 35.6 Å². The molecule has 0 bridgehead atoms. The Morgan fingerprint density at radius 1 is 1.35 bits per heavy atom. The van der Waals surface area contributed by atoms with E-state index >= 15 is 0 Å². The highest BCUT2D eigenvalue weighted by Gasteiger charge is 2.08. The molecule has 0 saturated carbocycles. The van der Waals surface area contributed by atoms with Crippen molar-refractivity contribution in [3.05, 3.63) is 31.8 Å². The molecule has 0 aliphatic carbocycles. The predicted octanol–water partition coefficient (Wildman–Crippen LogP) is 3.08. The Hall–Kier alpha value is -0.370. The summed E-state index contributed by atoms with van der Waals surface area (Å²) in [6.07, 6.45) is 2.97. The van der Waals surface area contributed by atoms with E-state index in [0.717, 1.165) is 33.4 Å². The van der Waals surface area contributed by atoms with E-state index < -0.39 is 0 Å². The van der Waals surface area contributed by atoms with E-state index in [2.05, 4.69) is 68.6 Å². The zero-order chi connectivity index (χ0) is 12.4. The average Bonchev–Trinajstić information content (AvgIpc) is 2.84. The van der Waals surface area contributed by atoms with E-state index in [1.54, 1.807) is 0 Å². The van der Waals surface area contributed by atoms with Crippen molar-refractivity contribution in [1.82, 2.24) is 19.6 Å². The van der Waals surface area contributed by atoms with Crippen LogP contribution in [-0.4, -0.2) is 19.6 Å². The van der Waals surface area contributed by atoms with E-state index in [9.17, 15) is 0 Å². The fourth-order valence-electron chi connectivity index (χ4n) is 1.71. The number of nitrogens with zero attached hydrogens (tertiary/aromatic N) is 4. The molecule has 2 aromatic heterocycles. The molecule has 0 aromatic carbocycles. The average molecular weight is 409 g/mol. The molecule has 6 heteroatoms. The standard InChI is InChI=1S/C11H14BrIN4/c1-3-8-5-9(17(4-2)14-8)6-16-7-10(12)11(13)15-16/h5,7H,3-4,6H2,1-2H3. The van der Waals surface area contributed by atoms with Crippen molar-refractivity contribution in [1.29, 1.82) is 0 Å². The van der Waals surface area contributed by atoms with Crippen LogP contribution in [0.3, 0.4) is 0 Å². The highest BCUT2D eigenvalue weighted by Crippen LogP contribution is 2.17. The maximum atomic E-state index is 4.53. The summed E-state index contributed by atoms with van der Waals surface area (Å²) >= 11 is 5.69. The lowest BCUT2D eigenvalue weighted by Gasteiger charge is -2.04. The van der Waals surface area contributed by atoms with Gasteiger partial charge in [-0.2, -0.15) is 10.2 Å². The lowest BCUT2D eigenvalue weighted by atomic mass is 10.3. The zero-order valence-electron chi connectivity index (χ0n) is 9.82. The molecule has 0 amide bonds. The van der Waals surface area contributed by atoms with Gasteiger partial charge in [0.25, 0.3) is 0 Å².